The lowest BCUT2D eigenvalue weighted by Gasteiger charge is -2.04. The molecule has 24 heavy (non-hydrogen) atoms. The van der Waals surface area contributed by atoms with Gasteiger partial charge in [0, 0.05) is 16.8 Å². The molecule has 0 atom stereocenters. The maximum Gasteiger partial charge on any atom is 0.291 e. The number of carbonyl (C=O) groups is 2. The first-order valence-corrected chi connectivity index (χ1v) is 7.10. The average Bonchev–Trinajstić information content (AvgIpc) is 3.06. The van der Waals surface area contributed by atoms with E-state index in [0.29, 0.717) is 22.6 Å². The topological polar surface area (TPSA) is 85.3 Å². The zero-order valence-electron chi connectivity index (χ0n) is 12.5. The minimum absolute atomic E-state index is 0.0961. The van der Waals surface area contributed by atoms with E-state index in [2.05, 4.69) is 5.32 Å². The van der Waals surface area contributed by atoms with Gasteiger partial charge in [-0.2, -0.15) is 0 Å². The minimum Gasteiger partial charge on any atom is -0.451 e. The van der Waals surface area contributed by atoms with Crippen molar-refractivity contribution in [1.82, 2.24) is 0 Å². The molecular formula is C18H13FN2O3. The first kappa shape index (κ1) is 15.5. The molecule has 2 aromatic carbocycles. The predicted molar refractivity (Wildman–Crippen MR) is 87.0 cm³/mol. The fourth-order valence-electron chi connectivity index (χ4n) is 2.17. The number of rotatable bonds is 4. The Hall–Kier alpha value is -3.41. The van der Waals surface area contributed by atoms with Crippen molar-refractivity contribution in [1.29, 1.82) is 0 Å². The number of furan rings is 1. The Kier molecular flexibility index (Phi) is 4.11. The van der Waals surface area contributed by atoms with Gasteiger partial charge in [-0.3, -0.25) is 9.59 Å². The zero-order valence-corrected chi connectivity index (χ0v) is 12.5. The van der Waals surface area contributed by atoms with E-state index in [1.54, 1.807) is 36.4 Å². The molecule has 0 saturated carbocycles. The molecule has 0 spiro atoms. The van der Waals surface area contributed by atoms with Gasteiger partial charge >= 0.3 is 0 Å². The minimum atomic E-state index is -0.581. The van der Waals surface area contributed by atoms with Crippen molar-refractivity contribution in [2.24, 2.45) is 5.73 Å². The number of anilines is 1. The number of primary amides is 1. The normalized spacial score (nSPS) is 10.4. The van der Waals surface area contributed by atoms with E-state index in [1.807, 2.05) is 0 Å². The van der Waals surface area contributed by atoms with Crippen LogP contribution in [0.25, 0.3) is 11.3 Å². The van der Waals surface area contributed by atoms with Gasteiger partial charge in [-0.15, -0.1) is 0 Å². The maximum atomic E-state index is 12.9. The standard InChI is InChI=1S/C18H13FN2O3/c19-13-6-4-11(5-7-13)15-8-9-16(24-15)18(23)21-14-3-1-2-12(10-14)17(20)22/h1-10H,(H2,20,22)(H,21,23). The van der Waals surface area contributed by atoms with Gasteiger partial charge in [-0.25, -0.2) is 4.39 Å². The SMILES string of the molecule is NC(=O)c1cccc(NC(=O)c2ccc(-c3ccc(F)cc3)o2)c1. The Morgan fingerprint density at radius 1 is 1.00 bits per heavy atom. The molecule has 0 aliphatic rings. The van der Waals surface area contributed by atoms with Crippen molar-refractivity contribution < 1.29 is 18.4 Å². The summed E-state index contributed by atoms with van der Waals surface area (Å²) in [6, 6.07) is 15.2. The Morgan fingerprint density at radius 3 is 2.46 bits per heavy atom. The summed E-state index contributed by atoms with van der Waals surface area (Å²) in [5.41, 5.74) is 6.58. The van der Waals surface area contributed by atoms with Gasteiger partial charge in [0.1, 0.15) is 11.6 Å². The molecule has 0 bridgehead atoms. The van der Waals surface area contributed by atoms with E-state index in [0.717, 1.165) is 0 Å². The molecule has 0 fully saturated rings. The highest BCUT2D eigenvalue weighted by atomic mass is 19.1. The summed E-state index contributed by atoms with van der Waals surface area (Å²) in [5.74, 6) is -0.852. The maximum absolute atomic E-state index is 12.9. The van der Waals surface area contributed by atoms with Crippen LogP contribution in [0, 0.1) is 5.82 Å². The lowest BCUT2D eigenvalue weighted by Crippen LogP contribution is -2.14. The number of nitrogens with two attached hydrogens (primary N) is 1. The van der Waals surface area contributed by atoms with Gasteiger partial charge in [0.25, 0.3) is 5.91 Å². The lowest BCUT2D eigenvalue weighted by atomic mass is 10.2. The van der Waals surface area contributed by atoms with Gasteiger partial charge < -0.3 is 15.5 Å². The van der Waals surface area contributed by atoms with Crippen molar-refractivity contribution in [3.05, 3.63) is 77.8 Å². The van der Waals surface area contributed by atoms with Gasteiger partial charge in [0.05, 0.1) is 0 Å². The van der Waals surface area contributed by atoms with Crippen LogP contribution in [0.15, 0.2) is 65.1 Å². The highest BCUT2D eigenvalue weighted by molar-refractivity contribution is 6.03. The van der Waals surface area contributed by atoms with Crippen LogP contribution < -0.4 is 11.1 Å². The molecule has 5 nitrogen and oxygen atoms in total. The second kappa shape index (κ2) is 6.37. The number of amides is 2. The third-order valence-electron chi connectivity index (χ3n) is 3.36. The second-order valence-corrected chi connectivity index (χ2v) is 5.07. The van der Waals surface area contributed by atoms with Crippen molar-refractivity contribution >= 4 is 17.5 Å². The number of halogens is 1. The van der Waals surface area contributed by atoms with Gasteiger partial charge in [0.15, 0.2) is 5.76 Å². The van der Waals surface area contributed by atoms with Crippen LogP contribution in [0.5, 0.6) is 0 Å². The first-order chi connectivity index (χ1) is 11.5. The molecule has 0 saturated heterocycles. The molecule has 3 rings (SSSR count). The number of benzene rings is 2. The molecule has 0 aliphatic heterocycles. The third kappa shape index (κ3) is 3.33. The molecule has 3 N–H and O–H groups in total. The molecule has 120 valence electrons. The molecule has 6 heteroatoms. The van der Waals surface area contributed by atoms with Gasteiger partial charge in [-0.1, -0.05) is 6.07 Å². The summed E-state index contributed by atoms with van der Waals surface area (Å²) >= 11 is 0. The molecule has 0 unspecified atom stereocenters. The molecule has 0 aliphatic carbocycles. The zero-order chi connectivity index (χ0) is 17.1. The average molecular weight is 324 g/mol. The fraction of sp³-hybridized carbons (Fsp3) is 0. The fourth-order valence-corrected chi connectivity index (χ4v) is 2.17. The number of nitrogens with one attached hydrogen (secondary N) is 1. The summed E-state index contributed by atoms with van der Waals surface area (Å²) in [6.45, 7) is 0. The Labute approximate surface area is 136 Å². The van der Waals surface area contributed by atoms with Crippen LogP contribution in [-0.2, 0) is 0 Å². The van der Waals surface area contributed by atoms with Gasteiger partial charge in [-0.05, 0) is 54.6 Å². The molecule has 1 aromatic heterocycles. The highest BCUT2D eigenvalue weighted by Gasteiger charge is 2.13. The van der Waals surface area contributed by atoms with E-state index in [4.69, 9.17) is 10.2 Å². The van der Waals surface area contributed by atoms with Crippen LogP contribution >= 0.6 is 0 Å². The van der Waals surface area contributed by atoms with Crippen LogP contribution in [0.1, 0.15) is 20.9 Å². The quantitative estimate of drug-likeness (QED) is 0.771. The molecular weight excluding hydrogens is 311 g/mol. The van der Waals surface area contributed by atoms with E-state index < -0.39 is 11.8 Å². The Morgan fingerprint density at radius 2 is 1.75 bits per heavy atom. The Bertz CT molecular complexity index is 901. The summed E-state index contributed by atoms with van der Waals surface area (Å²) in [7, 11) is 0. The molecule has 1 heterocycles. The Balaban J connectivity index is 1.77. The number of carbonyl (C=O) groups excluding carboxylic acids is 2. The van der Waals surface area contributed by atoms with E-state index in [1.165, 1.54) is 24.3 Å². The lowest BCUT2D eigenvalue weighted by molar-refractivity contribution is 0.0988. The molecule has 2 amide bonds. The summed E-state index contributed by atoms with van der Waals surface area (Å²) < 4.78 is 18.4. The van der Waals surface area contributed by atoms with Crippen LogP contribution in [-0.4, -0.2) is 11.8 Å². The smallest absolute Gasteiger partial charge is 0.291 e. The van der Waals surface area contributed by atoms with Crippen molar-refractivity contribution in [3.63, 3.8) is 0 Å². The van der Waals surface area contributed by atoms with Crippen molar-refractivity contribution in [2.75, 3.05) is 5.32 Å². The molecule has 0 radical (unpaired) electrons. The number of hydrogen-bond acceptors (Lipinski definition) is 3. The van der Waals surface area contributed by atoms with Crippen molar-refractivity contribution in [3.8, 4) is 11.3 Å². The predicted octanol–water partition coefficient (Wildman–Crippen LogP) is 3.44. The summed E-state index contributed by atoms with van der Waals surface area (Å²) in [6.07, 6.45) is 0. The van der Waals surface area contributed by atoms with E-state index >= 15 is 0 Å². The van der Waals surface area contributed by atoms with Crippen LogP contribution in [0.4, 0.5) is 10.1 Å². The van der Waals surface area contributed by atoms with Crippen molar-refractivity contribution in [2.45, 2.75) is 0 Å². The van der Waals surface area contributed by atoms with Crippen LogP contribution in [0.3, 0.4) is 0 Å². The summed E-state index contributed by atoms with van der Waals surface area (Å²) in [4.78, 5) is 23.4. The van der Waals surface area contributed by atoms with E-state index in [9.17, 15) is 14.0 Å². The summed E-state index contributed by atoms with van der Waals surface area (Å²) in [5, 5.41) is 2.63. The van der Waals surface area contributed by atoms with Gasteiger partial charge in [0.2, 0.25) is 5.91 Å². The highest BCUT2D eigenvalue weighted by Crippen LogP contribution is 2.23. The third-order valence-corrected chi connectivity index (χ3v) is 3.36. The largest absolute Gasteiger partial charge is 0.451 e. The van der Waals surface area contributed by atoms with E-state index in [-0.39, 0.29) is 11.6 Å². The number of hydrogen-bond donors (Lipinski definition) is 2. The van der Waals surface area contributed by atoms with Crippen LogP contribution in [0.2, 0.25) is 0 Å². The monoisotopic (exact) mass is 324 g/mol. The molecule has 3 aromatic rings. The second-order valence-electron chi connectivity index (χ2n) is 5.07. The first-order valence-electron chi connectivity index (χ1n) is 7.10.